The second-order valence-corrected chi connectivity index (χ2v) is 4.93. The summed E-state index contributed by atoms with van der Waals surface area (Å²) in [4.78, 5) is 13.2. The van der Waals surface area contributed by atoms with Gasteiger partial charge in [0.2, 0.25) is 0 Å². The van der Waals surface area contributed by atoms with Crippen LogP contribution < -0.4 is 5.73 Å². The van der Waals surface area contributed by atoms with Crippen molar-refractivity contribution in [1.29, 1.82) is 0 Å². The van der Waals surface area contributed by atoms with Gasteiger partial charge in [-0.05, 0) is 32.6 Å². The monoisotopic (exact) mass is 214 g/mol. The average molecular weight is 214 g/mol. The topological polar surface area (TPSA) is 55.6 Å². The number of ether oxygens (including phenoxy) is 1. The zero-order chi connectivity index (χ0) is 11.5. The Morgan fingerprint density at radius 3 is 2.67 bits per heavy atom. The lowest BCUT2D eigenvalue weighted by atomic mass is 9.85. The van der Waals surface area contributed by atoms with Crippen LogP contribution >= 0.6 is 0 Å². The Morgan fingerprint density at radius 1 is 1.47 bits per heavy atom. The van der Waals surface area contributed by atoms with Crippen molar-refractivity contribution in [3.8, 4) is 0 Å². The third kappa shape index (κ3) is 3.38. The maximum atomic E-state index is 11.5. The van der Waals surface area contributed by atoms with Crippen molar-refractivity contribution in [2.75, 3.05) is 20.2 Å². The fraction of sp³-hybridized carbons (Fsp3) is 0.909. The summed E-state index contributed by atoms with van der Waals surface area (Å²) >= 11 is 0. The number of amides is 1. The molecule has 1 saturated heterocycles. The largest absolute Gasteiger partial charge is 0.453 e. The summed E-state index contributed by atoms with van der Waals surface area (Å²) in [6, 6.07) is 0. The van der Waals surface area contributed by atoms with E-state index >= 15 is 0 Å². The quantitative estimate of drug-likeness (QED) is 0.721. The molecule has 0 aromatic rings. The minimum Gasteiger partial charge on any atom is -0.453 e. The van der Waals surface area contributed by atoms with Crippen LogP contribution in [0.5, 0.6) is 0 Å². The smallest absolute Gasteiger partial charge is 0.409 e. The Morgan fingerprint density at radius 2 is 2.13 bits per heavy atom. The van der Waals surface area contributed by atoms with Crippen LogP contribution in [0.25, 0.3) is 0 Å². The molecule has 0 saturated carbocycles. The van der Waals surface area contributed by atoms with Crippen molar-refractivity contribution in [3.05, 3.63) is 0 Å². The van der Waals surface area contributed by atoms with E-state index < -0.39 is 0 Å². The molecule has 2 N–H and O–H groups in total. The normalized spacial score (nSPS) is 23.5. The number of hydrogen-bond acceptors (Lipinski definition) is 3. The van der Waals surface area contributed by atoms with Crippen molar-refractivity contribution >= 4 is 6.09 Å². The highest BCUT2D eigenvalue weighted by Gasteiger charge is 2.30. The fourth-order valence-electron chi connectivity index (χ4n) is 2.04. The van der Waals surface area contributed by atoms with E-state index in [4.69, 9.17) is 10.5 Å². The molecule has 4 heteroatoms. The lowest BCUT2D eigenvalue weighted by Crippen LogP contribution is -2.47. The molecule has 1 fully saturated rings. The summed E-state index contributed by atoms with van der Waals surface area (Å²) < 4.78 is 4.75. The molecule has 1 rings (SSSR count). The molecule has 0 radical (unpaired) electrons. The van der Waals surface area contributed by atoms with Gasteiger partial charge >= 0.3 is 6.09 Å². The van der Waals surface area contributed by atoms with Gasteiger partial charge in [-0.2, -0.15) is 0 Å². The molecule has 1 aliphatic rings. The number of carbonyl (C=O) groups excluding carboxylic acids is 1. The summed E-state index contributed by atoms with van der Waals surface area (Å²) in [5.41, 5.74) is 5.88. The summed E-state index contributed by atoms with van der Waals surface area (Å²) in [6.07, 6.45) is 3.04. The number of methoxy groups -OCH3 is 1. The molecule has 1 atom stereocenters. The maximum Gasteiger partial charge on any atom is 0.409 e. The Kier molecular flexibility index (Phi) is 3.97. The molecule has 1 heterocycles. The summed E-state index contributed by atoms with van der Waals surface area (Å²) in [6.45, 7) is 5.56. The van der Waals surface area contributed by atoms with Crippen molar-refractivity contribution < 1.29 is 9.53 Å². The molecule has 0 spiro atoms. The van der Waals surface area contributed by atoms with Gasteiger partial charge in [-0.1, -0.05) is 6.42 Å². The van der Waals surface area contributed by atoms with Gasteiger partial charge in [0.1, 0.15) is 0 Å². The van der Waals surface area contributed by atoms with Crippen molar-refractivity contribution in [2.24, 2.45) is 11.7 Å². The first kappa shape index (κ1) is 12.3. The first-order valence-corrected chi connectivity index (χ1v) is 5.57. The highest BCUT2D eigenvalue weighted by molar-refractivity contribution is 5.67. The van der Waals surface area contributed by atoms with E-state index in [0.717, 1.165) is 32.4 Å². The number of nitrogens with zero attached hydrogens (tertiary/aromatic N) is 1. The first-order valence-electron chi connectivity index (χ1n) is 5.57. The Labute approximate surface area is 91.8 Å². The third-order valence-electron chi connectivity index (χ3n) is 3.16. The van der Waals surface area contributed by atoms with E-state index in [-0.39, 0.29) is 11.6 Å². The van der Waals surface area contributed by atoms with Crippen LogP contribution in [0.4, 0.5) is 4.79 Å². The van der Waals surface area contributed by atoms with Crippen LogP contribution in [0.1, 0.15) is 33.1 Å². The highest BCUT2D eigenvalue weighted by Crippen LogP contribution is 2.24. The van der Waals surface area contributed by atoms with Gasteiger partial charge < -0.3 is 15.4 Å². The predicted molar refractivity (Wildman–Crippen MR) is 59.6 cm³/mol. The second-order valence-electron chi connectivity index (χ2n) is 4.93. The summed E-state index contributed by atoms with van der Waals surface area (Å²) in [5, 5.41) is 0. The molecule has 0 aliphatic carbocycles. The van der Waals surface area contributed by atoms with E-state index in [9.17, 15) is 4.79 Å². The van der Waals surface area contributed by atoms with E-state index in [1.54, 1.807) is 4.90 Å². The van der Waals surface area contributed by atoms with Crippen molar-refractivity contribution in [1.82, 2.24) is 4.90 Å². The molecule has 1 amide bonds. The Balaban J connectivity index is 2.65. The third-order valence-corrected chi connectivity index (χ3v) is 3.16. The lowest BCUT2D eigenvalue weighted by Gasteiger charge is -2.32. The van der Waals surface area contributed by atoms with E-state index in [2.05, 4.69) is 0 Å². The maximum absolute atomic E-state index is 11.5. The van der Waals surface area contributed by atoms with Gasteiger partial charge in [-0.15, -0.1) is 0 Å². The molecular formula is C11H22N2O2. The van der Waals surface area contributed by atoms with Crippen molar-refractivity contribution in [3.63, 3.8) is 0 Å². The minimum absolute atomic E-state index is 0.226. The van der Waals surface area contributed by atoms with E-state index in [1.165, 1.54) is 7.11 Å². The van der Waals surface area contributed by atoms with Crippen LogP contribution in [-0.2, 0) is 4.74 Å². The lowest BCUT2D eigenvalue weighted by molar-refractivity contribution is 0.113. The van der Waals surface area contributed by atoms with Gasteiger partial charge in [0, 0.05) is 18.6 Å². The predicted octanol–water partition coefficient (Wildman–Crippen LogP) is 1.59. The van der Waals surface area contributed by atoms with Gasteiger partial charge in [0.05, 0.1) is 7.11 Å². The van der Waals surface area contributed by atoms with Crippen LogP contribution in [0, 0.1) is 5.92 Å². The van der Waals surface area contributed by atoms with Crippen LogP contribution in [0.2, 0.25) is 0 Å². The molecule has 4 nitrogen and oxygen atoms in total. The van der Waals surface area contributed by atoms with Crippen molar-refractivity contribution in [2.45, 2.75) is 38.6 Å². The fourth-order valence-corrected chi connectivity index (χ4v) is 2.04. The zero-order valence-corrected chi connectivity index (χ0v) is 9.95. The Hall–Kier alpha value is -0.770. The number of nitrogens with two attached hydrogens (primary N) is 1. The summed E-state index contributed by atoms with van der Waals surface area (Å²) in [5.74, 6) is 0.360. The van der Waals surface area contributed by atoms with E-state index in [1.807, 2.05) is 13.8 Å². The van der Waals surface area contributed by atoms with Crippen LogP contribution in [-0.4, -0.2) is 36.7 Å². The van der Waals surface area contributed by atoms with Gasteiger partial charge in [-0.25, -0.2) is 4.79 Å². The molecule has 0 aromatic carbocycles. The zero-order valence-electron chi connectivity index (χ0n) is 9.95. The molecule has 1 aliphatic heterocycles. The number of hydrogen-bond donors (Lipinski definition) is 1. The highest BCUT2D eigenvalue weighted by atomic mass is 16.5. The summed E-state index contributed by atoms with van der Waals surface area (Å²) in [7, 11) is 1.43. The standard InChI is InChI=1S/C11H22N2O2/c1-11(2,12)9-6-4-5-7-13(8-9)10(14)15-3/h9H,4-8,12H2,1-3H3. The molecule has 88 valence electrons. The number of rotatable bonds is 1. The first-order chi connectivity index (χ1) is 6.95. The minimum atomic E-state index is -0.230. The van der Waals surface area contributed by atoms with Gasteiger partial charge in [0.15, 0.2) is 0 Å². The second kappa shape index (κ2) is 4.84. The molecule has 15 heavy (non-hydrogen) atoms. The number of carbonyl (C=O) groups is 1. The molecule has 1 unspecified atom stereocenters. The van der Waals surface area contributed by atoms with Gasteiger partial charge in [-0.3, -0.25) is 0 Å². The molecule has 0 aromatic heterocycles. The average Bonchev–Trinajstić information content (AvgIpc) is 2.40. The molecule has 0 bridgehead atoms. The SMILES string of the molecule is COC(=O)N1CCCCC(C(C)(C)N)C1. The molecular weight excluding hydrogens is 192 g/mol. The van der Waals surface area contributed by atoms with Crippen LogP contribution in [0.15, 0.2) is 0 Å². The van der Waals surface area contributed by atoms with Gasteiger partial charge in [0.25, 0.3) is 0 Å². The van der Waals surface area contributed by atoms with Crippen LogP contribution in [0.3, 0.4) is 0 Å². The number of likely N-dealkylation sites (tertiary alicyclic amines) is 1. The Bertz CT molecular complexity index is 223. The van der Waals surface area contributed by atoms with E-state index in [0.29, 0.717) is 5.92 Å².